The first-order chi connectivity index (χ1) is 8.29. The van der Waals surface area contributed by atoms with Crippen LogP contribution in [0.4, 0.5) is 0 Å². The van der Waals surface area contributed by atoms with Gasteiger partial charge < -0.3 is 14.8 Å². The van der Waals surface area contributed by atoms with Gasteiger partial charge in [0.1, 0.15) is 0 Å². The van der Waals surface area contributed by atoms with Gasteiger partial charge in [-0.15, -0.1) is 0 Å². The van der Waals surface area contributed by atoms with E-state index in [1.165, 1.54) is 0 Å². The molecule has 1 aromatic carbocycles. The second-order valence-corrected chi connectivity index (χ2v) is 3.95. The van der Waals surface area contributed by atoms with E-state index in [1.807, 2.05) is 18.2 Å². The minimum atomic E-state index is -0.423. The molecule has 1 heterocycles. The highest BCUT2D eigenvalue weighted by Crippen LogP contribution is 2.11. The van der Waals surface area contributed by atoms with Crippen LogP contribution >= 0.6 is 0 Å². The van der Waals surface area contributed by atoms with Crippen molar-refractivity contribution in [3.8, 4) is 0 Å². The van der Waals surface area contributed by atoms with Gasteiger partial charge in [0.2, 0.25) is 0 Å². The third-order valence-electron chi connectivity index (χ3n) is 2.58. The summed E-state index contributed by atoms with van der Waals surface area (Å²) in [6, 6.07) is 5.64. The number of rotatable bonds is 6. The lowest BCUT2D eigenvalue weighted by Crippen LogP contribution is -2.14. The number of nitrogens with one attached hydrogen (secondary N) is 2. The fraction of sp³-hybridized carbons (Fsp3) is 0.417. The lowest BCUT2D eigenvalue weighted by Gasteiger charge is -2.03. The highest BCUT2D eigenvalue weighted by molar-refractivity contribution is 5.72. The maximum absolute atomic E-state index is 11.0. The average molecular weight is 236 g/mol. The number of unbranched alkanes of at least 4 members (excludes halogenated alkanes) is 1. The van der Waals surface area contributed by atoms with E-state index >= 15 is 0 Å². The van der Waals surface area contributed by atoms with Gasteiger partial charge in [-0.3, -0.25) is 4.98 Å². The maximum atomic E-state index is 11.0. The van der Waals surface area contributed by atoms with Crippen LogP contribution in [-0.2, 0) is 6.54 Å². The molecule has 0 saturated carbocycles. The van der Waals surface area contributed by atoms with Crippen LogP contribution in [0.5, 0.6) is 0 Å². The average Bonchev–Trinajstić information content (AvgIpc) is 2.68. The first kappa shape index (κ1) is 11.9. The smallest absolute Gasteiger partial charge is 0.408 e. The number of hydrogen-bond acceptors (Lipinski definition) is 4. The molecule has 5 nitrogen and oxygen atoms in total. The lowest BCUT2D eigenvalue weighted by molar-refractivity contribution is 0.283. The predicted molar refractivity (Wildman–Crippen MR) is 64.9 cm³/mol. The third kappa shape index (κ3) is 3.18. The van der Waals surface area contributed by atoms with E-state index in [0.717, 1.165) is 37.0 Å². The van der Waals surface area contributed by atoms with Gasteiger partial charge in [0.05, 0.1) is 5.52 Å². The number of H-pyrrole nitrogens is 1. The van der Waals surface area contributed by atoms with Crippen molar-refractivity contribution in [2.75, 3.05) is 13.2 Å². The van der Waals surface area contributed by atoms with Crippen molar-refractivity contribution in [1.29, 1.82) is 0 Å². The molecule has 0 unspecified atom stereocenters. The molecule has 92 valence electrons. The molecular formula is C12H16N2O3. The summed E-state index contributed by atoms with van der Waals surface area (Å²) in [7, 11) is 0. The molecule has 0 amide bonds. The fourth-order valence-electron chi connectivity index (χ4n) is 1.69. The van der Waals surface area contributed by atoms with Crippen molar-refractivity contribution in [2.24, 2.45) is 0 Å². The number of fused-ring (bicyclic) bond motifs is 1. The molecule has 0 bridgehead atoms. The summed E-state index contributed by atoms with van der Waals surface area (Å²) in [5, 5.41) is 11.9. The van der Waals surface area contributed by atoms with Crippen LogP contribution in [0.15, 0.2) is 27.4 Å². The zero-order valence-corrected chi connectivity index (χ0v) is 9.53. The Balaban J connectivity index is 1.92. The highest BCUT2D eigenvalue weighted by atomic mass is 16.4. The summed E-state index contributed by atoms with van der Waals surface area (Å²) >= 11 is 0. The second-order valence-electron chi connectivity index (χ2n) is 3.95. The first-order valence-electron chi connectivity index (χ1n) is 5.73. The van der Waals surface area contributed by atoms with Crippen LogP contribution in [0.1, 0.15) is 18.4 Å². The predicted octanol–water partition coefficient (Wildman–Crippen LogP) is 0.983. The molecule has 0 spiro atoms. The summed E-state index contributed by atoms with van der Waals surface area (Å²) in [6.07, 6.45) is 1.77. The van der Waals surface area contributed by atoms with E-state index in [4.69, 9.17) is 9.52 Å². The molecule has 3 N–H and O–H groups in total. The van der Waals surface area contributed by atoms with E-state index < -0.39 is 5.76 Å². The maximum Gasteiger partial charge on any atom is 0.417 e. The Bertz CT molecular complexity index is 530. The Morgan fingerprint density at radius 2 is 2.24 bits per heavy atom. The number of aromatic nitrogens is 1. The van der Waals surface area contributed by atoms with E-state index in [1.54, 1.807) is 0 Å². The molecule has 0 atom stereocenters. The highest BCUT2D eigenvalue weighted by Gasteiger charge is 2.01. The summed E-state index contributed by atoms with van der Waals surface area (Å²) in [5.74, 6) is -0.423. The van der Waals surface area contributed by atoms with Crippen molar-refractivity contribution < 1.29 is 9.52 Å². The largest absolute Gasteiger partial charge is 0.417 e. The van der Waals surface area contributed by atoms with Crippen LogP contribution in [0.2, 0.25) is 0 Å². The SMILES string of the molecule is O=c1[nH]c2ccc(CNCCCCO)cc2o1. The number of aliphatic hydroxyl groups excluding tert-OH is 1. The molecule has 0 fully saturated rings. The van der Waals surface area contributed by atoms with Crippen LogP contribution in [0.25, 0.3) is 11.1 Å². The number of benzene rings is 1. The second kappa shape index (κ2) is 5.65. The molecule has 0 aliphatic carbocycles. The van der Waals surface area contributed by atoms with Crippen molar-refractivity contribution >= 4 is 11.1 Å². The summed E-state index contributed by atoms with van der Waals surface area (Å²) in [6.45, 7) is 1.84. The summed E-state index contributed by atoms with van der Waals surface area (Å²) in [5.41, 5.74) is 2.38. The number of aromatic amines is 1. The van der Waals surface area contributed by atoms with Crippen molar-refractivity contribution in [1.82, 2.24) is 10.3 Å². The van der Waals surface area contributed by atoms with E-state index in [0.29, 0.717) is 5.58 Å². The Morgan fingerprint density at radius 1 is 1.35 bits per heavy atom. The number of oxazole rings is 1. The van der Waals surface area contributed by atoms with Gasteiger partial charge in [-0.2, -0.15) is 0 Å². The van der Waals surface area contributed by atoms with Crippen LogP contribution in [0, 0.1) is 0 Å². The monoisotopic (exact) mass is 236 g/mol. The molecule has 2 aromatic rings. The van der Waals surface area contributed by atoms with E-state index in [9.17, 15) is 4.79 Å². The zero-order chi connectivity index (χ0) is 12.1. The Morgan fingerprint density at radius 3 is 3.06 bits per heavy atom. The first-order valence-corrected chi connectivity index (χ1v) is 5.73. The Labute approximate surface area is 98.5 Å². The number of hydrogen-bond donors (Lipinski definition) is 3. The minimum Gasteiger partial charge on any atom is -0.408 e. The van der Waals surface area contributed by atoms with Crippen molar-refractivity contribution in [2.45, 2.75) is 19.4 Å². The van der Waals surface area contributed by atoms with Gasteiger partial charge in [-0.05, 0) is 37.1 Å². The van der Waals surface area contributed by atoms with E-state index in [2.05, 4.69) is 10.3 Å². The summed E-state index contributed by atoms with van der Waals surface area (Å²) < 4.78 is 4.98. The zero-order valence-electron chi connectivity index (χ0n) is 9.53. The molecule has 0 aliphatic rings. The minimum absolute atomic E-state index is 0.238. The molecule has 2 rings (SSSR count). The molecule has 17 heavy (non-hydrogen) atoms. The van der Waals surface area contributed by atoms with Gasteiger partial charge in [0.15, 0.2) is 5.58 Å². The van der Waals surface area contributed by atoms with Crippen molar-refractivity contribution in [3.63, 3.8) is 0 Å². The molecule has 0 aliphatic heterocycles. The third-order valence-corrected chi connectivity index (χ3v) is 2.58. The van der Waals surface area contributed by atoms with Crippen LogP contribution < -0.4 is 11.1 Å². The Hall–Kier alpha value is -1.59. The molecule has 1 aromatic heterocycles. The van der Waals surface area contributed by atoms with Crippen LogP contribution in [0.3, 0.4) is 0 Å². The quantitative estimate of drug-likeness (QED) is 0.653. The lowest BCUT2D eigenvalue weighted by atomic mass is 10.2. The van der Waals surface area contributed by atoms with Gasteiger partial charge >= 0.3 is 5.76 Å². The molecule has 0 saturated heterocycles. The van der Waals surface area contributed by atoms with Gasteiger partial charge in [-0.1, -0.05) is 6.07 Å². The normalized spacial score (nSPS) is 11.1. The molecule has 5 heteroatoms. The van der Waals surface area contributed by atoms with Crippen LogP contribution in [-0.4, -0.2) is 23.2 Å². The van der Waals surface area contributed by atoms with Gasteiger partial charge in [0.25, 0.3) is 0 Å². The van der Waals surface area contributed by atoms with Gasteiger partial charge in [-0.25, -0.2) is 4.79 Å². The molecule has 0 radical (unpaired) electrons. The van der Waals surface area contributed by atoms with Crippen molar-refractivity contribution in [3.05, 3.63) is 34.3 Å². The fourth-order valence-corrected chi connectivity index (χ4v) is 1.69. The number of aliphatic hydroxyl groups is 1. The van der Waals surface area contributed by atoms with Gasteiger partial charge in [0, 0.05) is 13.2 Å². The summed E-state index contributed by atoms with van der Waals surface area (Å²) in [4.78, 5) is 13.6. The Kier molecular flexibility index (Phi) is 3.95. The standard InChI is InChI=1S/C12H16N2O3/c15-6-2-1-5-13-8-9-3-4-10-11(7-9)17-12(16)14-10/h3-4,7,13,15H,1-2,5-6,8H2,(H,14,16). The topological polar surface area (TPSA) is 78.3 Å². The van der Waals surface area contributed by atoms with E-state index in [-0.39, 0.29) is 6.61 Å². The molecular weight excluding hydrogens is 220 g/mol.